The van der Waals surface area contributed by atoms with Gasteiger partial charge in [0.05, 0.1) is 12.7 Å². The third-order valence-corrected chi connectivity index (χ3v) is 3.28. The highest BCUT2D eigenvalue weighted by Gasteiger charge is 2.07. The number of hydrogen-bond acceptors (Lipinski definition) is 2. The highest BCUT2D eigenvalue weighted by molar-refractivity contribution is 14.1. The molecule has 0 saturated carbocycles. The summed E-state index contributed by atoms with van der Waals surface area (Å²) in [6.45, 7) is 2.18. The molecule has 0 unspecified atom stereocenters. The predicted molar refractivity (Wildman–Crippen MR) is 69.1 cm³/mol. The largest absolute Gasteiger partial charge is 0.465 e. The van der Waals surface area contributed by atoms with E-state index in [-0.39, 0.29) is 5.97 Å². The molecule has 0 saturated heterocycles. The van der Waals surface area contributed by atoms with Crippen molar-refractivity contribution in [1.82, 2.24) is 0 Å². The number of hydrogen-bond donors (Lipinski definition) is 0. The Morgan fingerprint density at radius 2 is 2.20 bits per heavy atom. The molecular formula is C12H15IO2. The molecule has 0 bridgehead atoms. The zero-order valence-corrected chi connectivity index (χ0v) is 11.2. The Hall–Kier alpha value is -0.580. The Morgan fingerprint density at radius 3 is 2.73 bits per heavy atom. The van der Waals surface area contributed by atoms with Crippen LogP contribution in [0.15, 0.2) is 18.2 Å². The SMILES string of the molecule is CCCCc1ccc(C(=O)OC)cc1I. The Balaban J connectivity index is 2.83. The second kappa shape index (κ2) is 6.10. The summed E-state index contributed by atoms with van der Waals surface area (Å²) in [5, 5.41) is 0. The van der Waals surface area contributed by atoms with Crippen molar-refractivity contribution in [3.63, 3.8) is 0 Å². The van der Waals surface area contributed by atoms with E-state index in [1.54, 1.807) is 0 Å². The van der Waals surface area contributed by atoms with Gasteiger partial charge in [0.1, 0.15) is 0 Å². The molecule has 0 aliphatic rings. The van der Waals surface area contributed by atoms with Gasteiger partial charge in [-0.2, -0.15) is 0 Å². The summed E-state index contributed by atoms with van der Waals surface area (Å²) in [6.07, 6.45) is 3.46. The molecule has 0 aromatic heterocycles. The predicted octanol–water partition coefficient (Wildman–Crippen LogP) is 3.42. The van der Waals surface area contributed by atoms with Crippen molar-refractivity contribution in [2.24, 2.45) is 0 Å². The quantitative estimate of drug-likeness (QED) is 0.628. The fourth-order valence-electron chi connectivity index (χ4n) is 1.36. The third-order valence-electron chi connectivity index (χ3n) is 2.27. The third kappa shape index (κ3) is 3.48. The van der Waals surface area contributed by atoms with Crippen LogP contribution in [0.5, 0.6) is 0 Å². The molecule has 0 spiro atoms. The van der Waals surface area contributed by atoms with Crippen molar-refractivity contribution >= 4 is 28.6 Å². The van der Waals surface area contributed by atoms with Gasteiger partial charge in [-0.3, -0.25) is 0 Å². The van der Waals surface area contributed by atoms with Gasteiger partial charge in [-0.1, -0.05) is 19.4 Å². The van der Waals surface area contributed by atoms with E-state index >= 15 is 0 Å². The highest BCUT2D eigenvalue weighted by Crippen LogP contribution is 2.17. The first-order chi connectivity index (χ1) is 7.19. The minimum Gasteiger partial charge on any atom is -0.465 e. The second-order valence-corrected chi connectivity index (χ2v) is 4.56. The summed E-state index contributed by atoms with van der Waals surface area (Å²) >= 11 is 2.27. The number of carbonyl (C=O) groups excluding carboxylic acids is 1. The fraction of sp³-hybridized carbons (Fsp3) is 0.417. The monoisotopic (exact) mass is 318 g/mol. The molecule has 0 radical (unpaired) electrons. The van der Waals surface area contributed by atoms with Crippen LogP contribution in [0, 0.1) is 3.57 Å². The maximum atomic E-state index is 11.3. The lowest BCUT2D eigenvalue weighted by Crippen LogP contribution is -2.02. The molecule has 82 valence electrons. The molecule has 0 aliphatic carbocycles. The lowest BCUT2D eigenvalue weighted by Gasteiger charge is -2.05. The van der Waals surface area contributed by atoms with Crippen LogP contribution in [0.3, 0.4) is 0 Å². The first kappa shape index (κ1) is 12.5. The van der Waals surface area contributed by atoms with E-state index in [2.05, 4.69) is 34.3 Å². The summed E-state index contributed by atoms with van der Waals surface area (Å²) in [6, 6.07) is 5.74. The molecule has 1 aromatic carbocycles. The number of esters is 1. The number of aryl methyl sites for hydroxylation is 1. The molecule has 0 amide bonds. The van der Waals surface area contributed by atoms with Gasteiger partial charge in [0.2, 0.25) is 0 Å². The summed E-state index contributed by atoms with van der Waals surface area (Å²) in [4.78, 5) is 11.3. The minimum absolute atomic E-state index is 0.269. The van der Waals surface area contributed by atoms with E-state index < -0.39 is 0 Å². The van der Waals surface area contributed by atoms with Crippen molar-refractivity contribution < 1.29 is 9.53 Å². The van der Waals surface area contributed by atoms with E-state index in [4.69, 9.17) is 0 Å². The molecule has 2 nitrogen and oxygen atoms in total. The Kier molecular flexibility index (Phi) is 5.08. The van der Waals surface area contributed by atoms with Gasteiger partial charge in [-0.15, -0.1) is 0 Å². The van der Waals surface area contributed by atoms with Gasteiger partial charge in [0.15, 0.2) is 0 Å². The summed E-state index contributed by atoms with van der Waals surface area (Å²) < 4.78 is 5.81. The standard InChI is InChI=1S/C12H15IO2/c1-3-4-5-9-6-7-10(8-11(9)13)12(14)15-2/h6-8H,3-5H2,1-2H3. The number of halogens is 1. The lowest BCUT2D eigenvalue weighted by atomic mass is 10.1. The smallest absolute Gasteiger partial charge is 0.337 e. The average molecular weight is 318 g/mol. The van der Waals surface area contributed by atoms with Crippen LogP contribution in [-0.2, 0) is 11.2 Å². The van der Waals surface area contributed by atoms with Gasteiger partial charge < -0.3 is 4.74 Å². The van der Waals surface area contributed by atoms with Crippen molar-refractivity contribution in [2.45, 2.75) is 26.2 Å². The number of carbonyl (C=O) groups is 1. The molecule has 0 heterocycles. The zero-order valence-electron chi connectivity index (χ0n) is 9.05. The Bertz CT molecular complexity index is 347. The zero-order chi connectivity index (χ0) is 11.3. The molecular weight excluding hydrogens is 303 g/mol. The number of unbranched alkanes of at least 4 members (excludes halogenated alkanes) is 1. The summed E-state index contributed by atoms with van der Waals surface area (Å²) in [5.41, 5.74) is 1.94. The van der Waals surface area contributed by atoms with Crippen LogP contribution in [0.2, 0.25) is 0 Å². The maximum Gasteiger partial charge on any atom is 0.337 e. The molecule has 0 aliphatic heterocycles. The van der Waals surface area contributed by atoms with E-state index in [9.17, 15) is 4.79 Å². The molecule has 0 fully saturated rings. The van der Waals surface area contributed by atoms with E-state index in [0.29, 0.717) is 5.56 Å². The number of methoxy groups -OCH3 is 1. The van der Waals surface area contributed by atoms with Gasteiger partial charge in [0.25, 0.3) is 0 Å². The van der Waals surface area contributed by atoms with Crippen molar-refractivity contribution in [1.29, 1.82) is 0 Å². The number of ether oxygens (including phenoxy) is 1. The van der Waals surface area contributed by atoms with Crippen molar-refractivity contribution in [3.05, 3.63) is 32.9 Å². The average Bonchev–Trinajstić information content (AvgIpc) is 2.26. The second-order valence-electron chi connectivity index (χ2n) is 3.40. The van der Waals surface area contributed by atoms with Gasteiger partial charge in [-0.05, 0) is 53.1 Å². The first-order valence-electron chi connectivity index (χ1n) is 5.05. The molecule has 15 heavy (non-hydrogen) atoms. The number of rotatable bonds is 4. The molecule has 0 N–H and O–H groups in total. The van der Waals surface area contributed by atoms with Gasteiger partial charge >= 0.3 is 5.97 Å². The molecule has 1 aromatic rings. The van der Waals surface area contributed by atoms with Crippen LogP contribution in [-0.4, -0.2) is 13.1 Å². The van der Waals surface area contributed by atoms with Gasteiger partial charge in [0, 0.05) is 3.57 Å². The van der Waals surface area contributed by atoms with Crippen LogP contribution in [0.25, 0.3) is 0 Å². The Labute approximate surface area is 104 Å². The normalized spacial score (nSPS) is 10.1. The van der Waals surface area contributed by atoms with Crippen LogP contribution < -0.4 is 0 Å². The minimum atomic E-state index is -0.269. The maximum absolute atomic E-state index is 11.3. The van der Waals surface area contributed by atoms with Crippen molar-refractivity contribution in [3.8, 4) is 0 Å². The summed E-state index contributed by atoms with van der Waals surface area (Å²) in [5.74, 6) is -0.269. The Morgan fingerprint density at radius 1 is 1.47 bits per heavy atom. The topological polar surface area (TPSA) is 26.3 Å². The first-order valence-corrected chi connectivity index (χ1v) is 6.13. The highest BCUT2D eigenvalue weighted by atomic mass is 127. The van der Waals surface area contributed by atoms with E-state index in [1.807, 2.05) is 18.2 Å². The van der Waals surface area contributed by atoms with Gasteiger partial charge in [-0.25, -0.2) is 4.79 Å². The fourth-order valence-corrected chi connectivity index (χ4v) is 2.15. The van der Waals surface area contributed by atoms with Crippen molar-refractivity contribution in [2.75, 3.05) is 7.11 Å². The molecule has 1 rings (SSSR count). The van der Waals surface area contributed by atoms with Crippen LogP contribution in [0.1, 0.15) is 35.7 Å². The van der Waals surface area contributed by atoms with Crippen LogP contribution >= 0.6 is 22.6 Å². The number of benzene rings is 1. The van der Waals surface area contributed by atoms with E-state index in [0.717, 1.165) is 9.99 Å². The molecule has 0 atom stereocenters. The molecule has 3 heteroatoms. The van der Waals surface area contributed by atoms with E-state index in [1.165, 1.54) is 25.5 Å². The van der Waals surface area contributed by atoms with Crippen LogP contribution in [0.4, 0.5) is 0 Å². The summed E-state index contributed by atoms with van der Waals surface area (Å²) in [7, 11) is 1.40. The lowest BCUT2D eigenvalue weighted by molar-refractivity contribution is 0.0600.